The number of nitrogens with zero attached hydrogens (tertiary/aromatic N) is 7. The second-order valence-corrected chi connectivity index (χ2v) is 5.87. The van der Waals surface area contributed by atoms with E-state index in [0.29, 0.717) is 36.9 Å². The lowest BCUT2D eigenvalue weighted by molar-refractivity contribution is -0.135. The van der Waals surface area contributed by atoms with Crippen LogP contribution in [-0.4, -0.2) is 58.7 Å². The average molecular weight is 343 g/mol. The first-order valence-corrected chi connectivity index (χ1v) is 7.92. The topological polar surface area (TPSA) is 111 Å². The number of carbonyl (C=O) groups is 1. The van der Waals surface area contributed by atoms with E-state index in [1.807, 2.05) is 10.7 Å². The summed E-state index contributed by atoms with van der Waals surface area (Å²) < 4.78 is 8.80. The normalized spacial score (nSPS) is 15.2. The summed E-state index contributed by atoms with van der Waals surface area (Å²) in [5, 5.41) is 25.7. The second-order valence-electron chi connectivity index (χ2n) is 5.87. The van der Waals surface area contributed by atoms with Crippen molar-refractivity contribution in [3.63, 3.8) is 0 Å². The number of fused-ring (bicyclic) bond motifs is 2. The number of aliphatic hydroxyl groups is 1. The summed E-state index contributed by atoms with van der Waals surface area (Å²) in [4.78, 5) is 14.1. The maximum Gasteiger partial charge on any atom is 0.260 e. The number of hydrogen-bond donors (Lipinski definition) is 1. The van der Waals surface area contributed by atoms with Crippen molar-refractivity contribution < 1.29 is 14.6 Å². The van der Waals surface area contributed by atoms with Crippen molar-refractivity contribution in [2.75, 3.05) is 13.2 Å². The van der Waals surface area contributed by atoms with Gasteiger partial charge in [0.25, 0.3) is 5.91 Å². The standard InChI is InChI=1S/C15H17N7O3/c1-10(23)12-6-11-7-20(4-5-21(11)18-12)15(24)8-25-14-3-2-13-17-16-9-22(13)19-14/h2-3,6,9-10,23H,4-5,7-8H2,1H3. The molecule has 10 nitrogen and oxygen atoms in total. The molecular weight excluding hydrogens is 326 g/mol. The zero-order valence-corrected chi connectivity index (χ0v) is 13.6. The lowest BCUT2D eigenvalue weighted by Crippen LogP contribution is -2.40. The molecule has 1 atom stereocenters. The number of hydrogen-bond acceptors (Lipinski definition) is 7. The van der Waals surface area contributed by atoms with Gasteiger partial charge in [-0.15, -0.1) is 15.3 Å². The molecule has 1 N–H and O–H groups in total. The SMILES string of the molecule is CC(O)c1cc2n(n1)CCN(C(=O)COc1ccc3nncn3n1)C2. The van der Waals surface area contributed by atoms with Crippen molar-refractivity contribution in [2.45, 2.75) is 26.1 Å². The molecule has 0 saturated carbocycles. The lowest BCUT2D eigenvalue weighted by Gasteiger charge is -2.27. The van der Waals surface area contributed by atoms with E-state index in [9.17, 15) is 9.90 Å². The van der Waals surface area contributed by atoms with E-state index in [4.69, 9.17) is 4.74 Å². The third-order valence-electron chi connectivity index (χ3n) is 4.08. The van der Waals surface area contributed by atoms with Crippen LogP contribution in [0.1, 0.15) is 24.4 Å². The van der Waals surface area contributed by atoms with Gasteiger partial charge in [0.15, 0.2) is 12.3 Å². The second kappa shape index (κ2) is 6.13. The van der Waals surface area contributed by atoms with Crippen LogP contribution < -0.4 is 4.74 Å². The minimum atomic E-state index is -0.621. The van der Waals surface area contributed by atoms with E-state index in [2.05, 4.69) is 20.4 Å². The Morgan fingerprint density at radius 3 is 3.08 bits per heavy atom. The highest BCUT2D eigenvalue weighted by atomic mass is 16.5. The fraction of sp³-hybridized carbons (Fsp3) is 0.400. The Morgan fingerprint density at radius 1 is 1.36 bits per heavy atom. The maximum absolute atomic E-state index is 12.4. The molecule has 0 bridgehead atoms. The number of amides is 1. The molecule has 4 heterocycles. The van der Waals surface area contributed by atoms with Gasteiger partial charge in [0.05, 0.1) is 30.6 Å². The summed E-state index contributed by atoms with van der Waals surface area (Å²) in [5.74, 6) is 0.204. The van der Waals surface area contributed by atoms with Gasteiger partial charge in [0.1, 0.15) is 6.33 Å². The molecule has 0 aromatic carbocycles. The van der Waals surface area contributed by atoms with Crippen LogP contribution in [0.4, 0.5) is 0 Å². The van der Waals surface area contributed by atoms with Gasteiger partial charge < -0.3 is 14.7 Å². The maximum atomic E-state index is 12.4. The molecular formula is C15H17N7O3. The zero-order chi connectivity index (χ0) is 17.4. The predicted molar refractivity (Wildman–Crippen MR) is 84.6 cm³/mol. The molecule has 1 aliphatic rings. The van der Waals surface area contributed by atoms with Crippen molar-refractivity contribution in [2.24, 2.45) is 0 Å². The van der Waals surface area contributed by atoms with Crippen molar-refractivity contribution in [1.29, 1.82) is 0 Å². The first-order chi connectivity index (χ1) is 12.1. The van der Waals surface area contributed by atoms with Gasteiger partial charge in [-0.05, 0) is 19.1 Å². The van der Waals surface area contributed by atoms with Crippen LogP contribution in [0.3, 0.4) is 0 Å². The molecule has 10 heteroatoms. The van der Waals surface area contributed by atoms with Gasteiger partial charge in [-0.25, -0.2) is 0 Å². The summed E-state index contributed by atoms with van der Waals surface area (Å²) >= 11 is 0. The molecule has 0 radical (unpaired) electrons. The van der Waals surface area contributed by atoms with E-state index in [1.165, 1.54) is 10.8 Å². The Kier molecular flexibility index (Phi) is 3.80. The van der Waals surface area contributed by atoms with E-state index in [-0.39, 0.29) is 12.5 Å². The highest BCUT2D eigenvalue weighted by Gasteiger charge is 2.23. The van der Waals surface area contributed by atoms with Crippen LogP contribution in [-0.2, 0) is 17.9 Å². The summed E-state index contributed by atoms with van der Waals surface area (Å²) in [6.07, 6.45) is 0.847. The van der Waals surface area contributed by atoms with Crippen LogP contribution in [0.5, 0.6) is 5.88 Å². The van der Waals surface area contributed by atoms with Crippen LogP contribution >= 0.6 is 0 Å². The van der Waals surface area contributed by atoms with E-state index in [1.54, 1.807) is 24.0 Å². The van der Waals surface area contributed by atoms with Gasteiger partial charge in [0.2, 0.25) is 5.88 Å². The smallest absolute Gasteiger partial charge is 0.260 e. The fourth-order valence-corrected chi connectivity index (χ4v) is 2.72. The Hall–Kier alpha value is -3.01. The van der Waals surface area contributed by atoms with E-state index < -0.39 is 6.10 Å². The molecule has 0 aliphatic carbocycles. The predicted octanol–water partition coefficient (Wildman–Crippen LogP) is -0.205. The molecule has 25 heavy (non-hydrogen) atoms. The van der Waals surface area contributed by atoms with Crippen LogP contribution in [0.15, 0.2) is 24.5 Å². The third-order valence-corrected chi connectivity index (χ3v) is 4.08. The Labute approximate surface area is 142 Å². The lowest BCUT2D eigenvalue weighted by atomic mass is 10.2. The number of ether oxygens (including phenoxy) is 1. The summed E-state index contributed by atoms with van der Waals surface area (Å²) in [7, 11) is 0. The van der Waals surface area contributed by atoms with Crippen molar-refractivity contribution in [3.05, 3.63) is 35.9 Å². The number of carbonyl (C=O) groups excluding carboxylic acids is 1. The van der Waals surface area contributed by atoms with Crippen LogP contribution in [0.2, 0.25) is 0 Å². The van der Waals surface area contributed by atoms with E-state index in [0.717, 1.165) is 5.69 Å². The van der Waals surface area contributed by atoms with Crippen LogP contribution in [0.25, 0.3) is 5.65 Å². The van der Waals surface area contributed by atoms with Gasteiger partial charge in [-0.2, -0.15) is 9.61 Å². The highest BCUT2D eigenvalue weighted by molar-refractivity contribution is 5.77. The molecule has 0 spiro atoms. The monoisotopic (exact) mass is 343 g/mol. The molecule has 1 aliphatic heterocycles. The van der Waals surface area contributed by atoms with Crippen molar-refractivity contribution in [1.82, 2.24) is 34.5 Å². The Morgan fingerprint density at radius 2 is 2.24 bits per heavy atom. The molecule has 130 valence electrons. The van der Waals surface area contributed by atoms with Gasteiger partial charge in [0, 0.05) is 12.6 Å². The third kappa shape index (κ3) is 3.03. The summed E-state index contributed by atoms with van der Waals surface area (Å²) in [6, 6.07) is 5.20. The Balaban J connectivity index is 1.39. The van der Waals surface area contributed by atoms with Crippen LogP contribution in [0, 0.1) is 0 Å². The van der Waals surface area contributed by atoms with Crippen molar-refractivity contribution >= 4 is 11.6 Å². The number of aromatic nitrogens is 6. The minimum absolute atomic E-state index is 0.0992. The summed E-state index contributed by atoms with van der Waals surface area (Å²) in [6.45, 7) is 3.16. The highest BCUT2D eigenvalue weighted by Crippen LogP contribution is 2.18. The Bertz CT molecular complexity index is 917. The fourth-order valence-electron chi connectivity index (χ4n) is 2.72. The average Bonchev–Trinajstić information content (AvgIpc) is 3.24. The first-order valence-electron chi connectivity index (χ1n) is 7.92. The molecule has 0 saturated heterocycles. The minimum Gasteiger partial charge on any atom is -0.467 e. The number of aliphatic hydroxyl groups excluding tert-OH is 1. The quantitative estimate of drug-likeness (QED) is 0.698. The largest absolute Gasteiger partial charge is 0.467 e. The number of rotatable bonds is 4. The van der Waals surface area contributed by atoms with E-state index >= 15 is 0 Å². The van der Waals surface area contributed by atoms with Gasteiger partial charge >= 0.3 is 0 Å². The zero-order valence-electron chi connectivity index (χ0n) is 13.6. The molecule has 4 rings (SSSR count). The molecule has 1 amide bonds. The molecule has 1 unspecified atom stereocenters. The van der Waals surface area contributed by atoms with Gasteiger partial charge in [-0.3, -0.25) is 9.48 Å². The first kappa shape index (κ1) is 15.5. The molecule has 0 fully saturated rings. The molecule has 3 aromatic heterocycles. The van der Waals surface area contributed by atoms with Gasteiger partial charge in [-0.1, -0.05) is 0 Å². The summed E-state index contributed by atoms with van der Waals surface area (Å²) in [5.41, 5.74) is 2.13. The molecule has 3 aromatic rings. The van der Waals surface area contributed by atoms with Crippen molar-refractivity contribution in [3.8, 4) is 5.88 Å².